The molecule has 2 atom stereocenters. The molecule has 1 fully saturated rings. The maximum atomic E-state index is 11.1. The Labute approximate surface area is 119 Å². The second-order valence-electron chi connectivity index (χ2n) is 5.40. The molecule has 2 rings (SSSR count). The van der Waals surface area contributed by atoms with Gasteiger partial charge in [0.25, 0.3) is 0 Å². The predicted molar refractivity (Wildman–Crippen MR) is 80.0 cm³/mol. The van der Waals surface area contributed by atoms with Gasteiger partial charge in [-0.15, -0.1) is 0 Å². The summed E-state index contributed by atoms with van der Waals surface area (Å²) in [5.74, 6) is -0.392. The maximum Gasteiger partial charge on any atom is 0.248 e. The molecule has 1 aromatic rings. The van der Waals surface area contributed by atoms with Gasteiger partial charge < -0.3 is 21.1 Å². The number of nitrogens with one attached hydrogen (secondary N) is 2. The van der Waals surface area contributed by atoms with Crippen LogP contribution in [0.2, 0.25) is 0 Å². The van der Waals surface area contributed by atoms with Crippen LogP contribution >= 0.6 is 0 Å². The van der Waals surface area contributed by atoms with Crippen LogP contribution in [0.25, 0.3) is 0 Å². The molecular weight excluding hydrogens is 254 g/mol. The Balaban J connectivity index is 1.93. The van der Waals surface area contributed by atoms with Crippen LogP contribution in [0.3, 0.4) is 0 Å². The highest BCUT2D eigenvalue weighted by atomic mass is 16.5. The van der Waals surface area contributed by atoms with Crippen molar-refractivity contribution in [2.75, 3.05) is 25.1 Å². The van der Waals surface area contributed by atoms with Gasteiger partial charge in [-0.3, -0.25) is 4.79 Å². The first kappa shape index (κ1) is 14.8. The van der Waals surface area contributed by atoms with Gasteiger partial charge in [-0.05, 0) is 44.0 Å². The van der Waals surface area contributed by atoms with E-state index in [1.807, 2.05) is 19.1 Å². The molecule has 1 aromatic carbocycles. The van der Waals surface area contributed by atoms with Crippen LogP contribution < -0.4 is 16.4 Å². The molecule has 2 unspecified atom stereocenters. The molecule has 0 bridgehead atoms. The maximum absolute atomic E-state index is 11.1. The molecule has 1 aliphatic heterocycles. The molecule has 5 heteroatoms. The molecule has 1 saturated heterocycles. The van der Waals surface area contributed by atoms with Gasteiger partial charge in [0.05, 0.1) is 13.2 Å². The Morgan fingerprint density at radius 3 is 3.00 bits per heavy atom. The van der Waals surface area contributed by atoms with Crippen molar-refractivity contribution in [3.05, 3.63) is 29.3 Å². The van der Waals surface area contributed by atoms with Gasteiger partial charge in [-0.2, -0.15) is 0 Å². The Morgan fingerprint density at radius 2 is 2.40 bits per heavy atom. The molecule has 110 valence electrons. The molecule has 0 aliphatic carbocycles. The lowest BCUT2D eigenvalue weighted by Gasteiger charge is -2.27. The van der Waals surface area contributed by atoms with E-state index >= 15 is 0 Å². The average molecular weight is 277 g/mol. The Morgan fingerprint density at radius 1 is 1.60 bits per heavy atom. The predicted octanol–water partition coefficient (Wildman–Crippen LogP) is 1.27. The second kappa shape index (κ2) is 6.72. The fraction of sp³-hybridized carbons (Fsp3) is 0.533. The summed E-state index contributed by atoms with van der Waals surface area (Å²) in [7, 11) is 0. The van der Waals surface area contributed by atoms with Crippen LogP contribution in [-0.4, -0.2) is 37.7 Å². The number of anilines is 1. The van der Waals surface area contributed by atoms with E-state index in [9.17, 15) is 4.79 Å². The number of hydrogen-bond acceptors (Lipinski definition) is 4. The first-order valence-corrected chi connectivity index (χ1v) is 7.04. The summed E-state index contributed by atoms with van der Waals surface area (Å²) >= 11 is 0. The van der Waals surface area contributed by atoms with Crippen molar-refractivity contribution in [1.82, 2.24) is 5.32 Å². The molecule has 1 aliphatic rings. The van der Waals surface area contributed by atoms with E-state index < -0.39 is 5.91 Å². The number of nitrogens with two attached hydrogens (primary N) is 1. The third-order valence-electron chi connectivity index (χ3n) is 3.55. The lowest BCUT2D eigenvalue weighted by Crippen LogP contribution is -2.43. The van der Waals surface area contributed by atoms with Crippen molar-refractivity contribution in [1.29, 1.82) is 0 Å². The smallest absolute Gasteiger partial charge is 0.248 e. The average Bonchev–Trinajstić information content (AvgIpc) is 2.42. The minimum atomic E-state index is -0.392. The summed E-state index contributed by atoms with van der Waals surface area (Å²) in [4.78, 5) is 11.1. The highest BCUT2D eigenvalue weighted by molar-refractivity contribution is 5.93. The minimum Gasteiger partial charge on any atom is -0.382 e. The van der Waals surface area contributed by atoms with Gasteiger partial charge in [0.1, 0.15) is 0 Å². The monoisotopic (exact) mass is 277 g/mol. The highest BCUT2D eigenvalue weighted by Crippen LogP contribution is 2.18. The zero-order chi connectivity index (χ0) is 14.5. The topological polar surface area (TPSA) is 76.4 Å². The van der Waals surface area contributed by atoms with Gasteiger partial charge >= 0.3 is 0 Å². The van der Waals surface area contributed by atoms with Crippen LogP contribution in [0.1, 0.15) is 29.3 Å². The van der Waals surface area contributed by atoms with Gasteiger partial charge in [0.15, 0.2) is 0 Å². The van der Waals surface area contributed by atoms with Gasteiger partial charge in [-0.25, -0.2) is 0 Å². The summed E-state index contributed by atoms with van der Waals surface area (Å²) in [6, 6.07) is 6.21. The number of primary amides is 1. The number of rotatable bonds is 5. The van der Waals surface area contributed by atoms with E-state index in [1.165, 1.54) is 0 Å². The molecule has 20 heavy (non-hydrogen) atoms. The lowest BCUT2D eigenvalue weighted by molar-refractivity contribution is 0.0731. The zero-order valence-corrected chi connectivity index (χ0v) is 12.1. The van der Waals surface area contributed by atoms with E-state index in [4.69, 9.17) is 10.5 Å². The van der Waals surface area contributed by atoms with Crippen molar-refractivity contribution >= 4 is 11.6 Å². The summed E-state index contributed by atoms with van der Waals surface area (Å²) in [5.41, 5.74) is 7.89. The SMILES string of the molecule is Cc1cc(C(N)=O)ccc1NC(C)CC1COCCN1. The zero-order valence-electron chi connectivity index (χ0n) is 12.1. The van der Waals surface area contributed by atoms with Crippen LogP contribution in [-0.2, 0) is 4.74 Å². The van der Waals surface area contributed by atoms with E-state index in [0.29, 0.717) is 17.6 Å². The standard InChI is InChI=1S/C15H23N3O2/c1-10-7-12(15(16)19)3-4-14(10)18-11(2)8-13-9-20-6-5-17-13/h3-4,7,11,13,17-18H,5-6,8-9H2,1-2H3,(H2,16,19). The molecule has 0 spiro atoms. The van der Waals surface area contributed by atoms with Gasteiger partial charge in [-0.1, -0.05) is 0 Å². The van der Waals surface area contributed by atoms with Crippen LogP contribution in [0.4, 0.5) is 5.69 Å². The summed E-state index contributed by atoms with van der Waals surface area (Å²) < 4.78 is 5.46. The molecule has 1 amide bonds. The van der Waals surface area contributed by atoms with E-state index in [-0.39, 0.29) is 0 Å². The Kier molecular flexibility index (Phi) is 4.98. The summed E-state index contributed by atoms with van der Waals surface area (Å²) in [6.45, 7) is 6.61. The molecule has 4 N–H and O–H groups in total. The van der Waals surface area contributed by atoms with E-state index in [2.05, 4.69) is 17.6 Å². The van der Waals surface area contributed by atoms with Crippen molar-refractivity contribution in [3.8, 4) is 0 Å². The number of hydrogen-bond donors (Lipinski definition) is 3. The number of ether oxygens (including phenoxy) is 1. The van der Waals surface area contributed by atoms with Crippen LogP contribution in [0.15, 0.2) is 18.2 Å². The van der Waals surface area contributed by atoms with E-state index in [1.54, 1.807) is 6.07 Å². The first-order valence-electron chi connectivity index (χ1n) is 7.04. The minimum absolute atomic E-state index is 0.326. The number of carbonyl (C=O) groups excluding carboxylic acids is 1. The van der Waals surface area contributed by atoms with Crippen molar-refractivity contribution in [2.24, 2.45) is 5.73 Å². The fourth-order valence-electron chi connectivity index (χ4n) is 2.50. The highest BCUT2D eigenvalue weighted by Gasteiger charge is 2.16. The summed E-state index contributed by atoms with van der Waals surface area (Å²) in [5, 5.41) is 6.92. The summed E-state index contributed by atoms with van der Waals surface area (Å²) in [6.07, 6.45) is 0.997. The van der Waals surface area contributed by atoms with Gasteiger partial charge in [0.2, 0.25) is 5.91 Å². The molecule has 0 aromatic heterocycles. The van der Waals surface area contributed by atoms with Crippen molar-refractivity contribution < 1.29 is 9.53 Å². The van der Waals surface area contributed by atoms with Crippen LogP contribution in [0.5, 0.6) is 0 Å². The van der Waals surface area contributed by atoms with Crippen LogP contribution in [0, 0.1) is 6.92 Å². The third-order valence-corrected chi connectivity index (χ3v) is 3.55. The Bertz CT molecular complexity index is 470. The quantitative estimate of drug-likeness (QED) is 0.757. The fourth-order valence-corrected chi connectivity index (χ4v) is 2.50. The number of amides is 1. The molecule has 1 heterocycles. The normalized spacial score (nSPS) is 20.4. The van der Waals surface area contributed by atoms with Crippen molar-refractivity contribution in [3.63, 3.8) is 0 Å². The first-order chi connectivity index (χ1) is 9.56. The van der Waals surface area contributed by atoms with E-state index in [0.717, 1.165) is 37.4 Å². The number of morpholine rings is 1. The second-order valence-corrected chi connectivity index (χ2v) is 5.40. The Hall–Kier alpha value is -1.59. The molecule has 0 saturated carbocycles. The largest absolute Gasteiger partial charge is 0.382 e. The lowest BCUT2D eigenvalue weighted by atomic mass is 10.1. The van der Waals surface area contributed by atoms with Crippen molar-refractivity contribution in [2.45, 2.75) is 32.4 Å². The molecular formula is C15H23N3O2. The molecule has 0 radical (unpaired) electrons. The third kappa shape index (κ3) is 3.95. The van der Waals surface area contributed by atoms with Gasteiger partial charge in [0, 0.05) is 29.9 Å². The number of carbonyl (C=O) groups is 1. The number of benzene rings is 1. The molecule has 5 nitrogen and oxygen atoms in total. The number of aryl methyl sites for hydroxylation is 1.